The molecule has 4 rings (SSSR count). The maximum Gasteiger partial charge on any atom is 0.283 e. The lowest BCUT2D eigenvalue weighted by molar-refractivity contribution is -0.114. The molecule has 2 aromatic heterocycles. The van der Waals surface area contributed by atoms with E-state index in [1.165, 1.54) is 34.7 Å². The number of rotatable bonds is 7. The van der Waals surface area contributed by atoms with Crippen molar-refractivity contribution in [1.82, 2.24) is 0 Å². The SMILES string of the molecule is COc1ccc(N2C(=O)/C(=C/c3cccs3)N=C2SCC(=O)Nc2sccc2C(N)=O)cc1Cl. The molecule has 0 spiro atoms. The molecule has 3 N–H and O–H groups in total. The number of nitrogens with zero attached hydrogens (tertiary/aromatic N) is 2. The van der Waals surface area contributed by atoms with E-state index in [4.69, 9.17) is 22.1 Å². The topological polar surface area (TPSA) is 114 Å². The zero-order valence-electron chi connectivity index (χ0n) is 17.6. The van der Waals surface area contributed by atoms with E-state index in [0.717, 1.165) is 16.6 Å². The number of nitrogens with one attached hydrogen (secondary N) is 1. The maximum atomic E-state index is 13.2. The second kappa shape index (κ2) is 10.4. The second-order valence-corrected chi connectivity index (χ2v) is 10.0. The summed E-state index contributed by atoms with van der Waals surface area (Å²) in [4.78, 5) is 44.1. The first-order valence-electron chi connectivity index (χ1n) is 9.69. The van der Waals surface area contributed by atoms with Gasteiger partial charge in [-0.25, -0.2) is 4.99 Å². The highest BCUT2D eigenvalue weighted by Crippen LogP contribution is 2.34. The predicted octanol–water partition coefficient (Wildman–Crippen LogP) is 4.69. The van der Waals surface area contributed by atoms with Crippen LogP contribution in [0.2, 0.25) is 5.02 Å². The molecule has 0 atom stereocenters. The molecule has 0 saturated carbocycles. The smallest absolute Gasteiger partial charge is 0.283 e. The minimum atomic E-state index is -0.624. The molecule has 3 heterocycles. The van der Waals surface area contributed by atoms with Crippen LogP contribution in [0.5, 0.6) is 5.75 Å². The van der Waals surface area contributed by atoms with Crippen LogP contribution in [0.4, 0.5) is 10.7 Å². The van der Waals surface area contributed by atoms with Crippen molar-refractivity contribution >= 4 is 85.7 Å². The van der Waals surface area contributed by atoms with Crippen LogP contribution in [0.1, 0.15) is 15.2 Å². The molecular weight excluding hydrogens is 516 g/mol. The number of primary amides is 1. The molecule has 12 heteroatoms. The summed E-state index contributed by atoms with van der Waals surface area (Å²) in [6.45, 7) is 0. The number of carbonyl (C=O) groups excluding carboxylic acids is 3. The number of hydrogen-bond acceptors (Lipinski definition) is 8. The lowest BCUT2D eigenvalue weighted by Gasteiger charge is -2.18. The zero-order valence-corrected chi connectivity index (χ0v) is 20.8. The van der Waals surface area contributed by atoms with Gasteiger partial charge in [-0.05, 0) is 47.2 Å². The summed E-state index contributed by atoms with van der Waals surface area (Å²) < 4.78 is 5.20. The molecule has 8 nitrogen and oxygen atoms in total. The van der Waals surface area contributed by atoms with Crippen molar-refractivity contribution in [2.45, 2.75) is 0 Å². The van der Waals surface area contributed by atoms with Crippen molar-refractivity contribution in [3.63, 3.8) is 0 Å². The fourth-order valence-electron chi connectivity index (χ4n) is 3.02. The molecule has 0 fully saturated rings. The van der Waals surface area contributed by atoms with E-state index in [1.807, 2.05) is 17.5 Å². The number of amidine groups is 1. The van der Waals surface area contributed by atoms with Crippen molar-refractivity contribution in [2.24, 2.45) is 10.7 Å². The van der Waals surface area contributed by atoms with Crippen LogP contribution in [-0.2, 0) is 9.59 Å². The molecular formula is C22H17ClN4O4S3. The molecule has 0 radical (unpaired) electrons. The van der Waals surface area contributed by atoms with Gasteiger partial charge >= 0.3 is 0 Å². The molecule has 3 amide bonds. The van der Waals surface area contributed by atoms with Crippen LogP contribution in [-0.4, -0.2) is 35.8 Å². The van der Waals surface area contributed by atoms with Crippen molar-refractivity contribution in [2.75, 3.05) is 23.1 Å². The van der Waals surface area contributed by atoms with Gasteiger partial charge in [0.1, 0.15) is 16.4 Å². The van der Waals surface area contributed by atoms with Crippen molar-refractivity contribution in [3.8, 4) is 5.75 Å². The van der Waals surface area contributed by atoms with E-state index in [0.29, 0.717) is 26.6 Å². The summed E-state index contributed by atoms with van der Waals surface area (Å²) in [6.07, 6.45) is 1.70. The highest BCUT2D eigenvalue weighted by molar-refractivity contribution is 8.14. The van der Waals surface area contributed by atoms with Gasteiger partial charge in [0.05, 0.1) is 29.1 Å². The van der Waals surface area contributed by atoms with Crippen LogP contribution in [0, 0.1) is 0 Å². The summed E-state index contributed by atoms with van der Waals surface area (Å²) >= 11 is 10.0. The predicted molar refractivity (Wildman–Crippen MR) is 139 cm³/mol. The fraction of sp³-hybridized carbons (Fsp3) is 0.0909. The Morgan fingerprint density at radius 3 is 2.76 bits per heavy atom. The minimum Gasteiger partial charge on any atom is -0.495 e. The quantitative estimate of drug-likeness (QED) is 0.429. The van der Waals surface area contributed by atoms with Crippen molar-refractivity contribution < 1.29 is 19.1 Å². The summed E-state index contributed by atoms with van der Waals surface area (Å²) in [5, 5.41) is 7.29. The summed E-state index contributed by atoms with van der Waals surface area (Å²) in [5.41, 5.74) is 6.31. The number of thiophene rings is 2. The lowest BCUT2D eigenvalue weighted by atomic mass is 10.2. The van der Waals surface area contributed by atoms with Gasteiger partial charge in [-0.3, -0.25) is 19.3 Å². The van der Waals surface area contributed by atoms with Crippen molar-refractivity contribution in [3.05, 3.63) is 68.3 Å². The summed E-state index contributed by atoms with van der Waals surface area (Å²) in [6, 6.07) is 10.3. The van der Waals surface area contributed by atoms with Gasteiger partial charge < -0.3 is 15.8 Å². The molecule has 0 unspecified atom stereocenters. The molecule has 174 valence electrons. The average molecular weight is 533 g/mol. The maximum absolute atomic E-state index is 13.2. The van der Waals surface area contributed by atoms with Gasteiger partial charge in [-0.1, -0.05) is 29.4 Å². The van der Waals surface area contributed by atoms with E-state index >= 15 is 0 Å². The van der Waals surface area contributed by atoms with Gasteiger partial charge in [-0.15, -0.1) is 22.7 Å². The molecule has 1 aromatic carbocycles. The number of amides is 3. The Bertz CT molecular complexity index is 1320. The standard InChI is InChI=1S/C22H17ClN4O4S3/c1-31-17-5-4-12(9-15(17)23)27-21(30)16(10-13-3-2-7-32-13)25-22(27)34-11-18(28)26-20-14(19(24)29)6-8-33-20/h2-10H,11H2,1H3,(H2,24,29)(H,26,28)/b16-10-. The first-order chi connectivity index (χ1) is 16.4. The number of ether oxygens (including phenoxy) is 1. The molecule has 0 bridgehead atoms. The number of aliphatic imine (C=N–C) groups is 1. The first kappa shape index (κ1) is 24.0. The van der Waals surface area contributed by atoms with E-state index in [-0.39, 0.29) is 28.8 Å². The van der Waals surface area contributed by atoms with Gasteiger partial charge in [0, 0.05) is 4.88 Å². The molecule has 1 aliphatic rings. The Morgan fingerprint density at radius 2 is 2.09 bits per heavy atom. The third-order valence-electron chi connectivity index (χ3n) is 4.56. The Labute approximate surface area is 212 Å². The van der Waals surface area contributed by atoms with Crippen LogP contribution < -0.4 is 20.7 Å². The van der Waals surface area contributed by atoms with Gasteiger partial charge in [0.15, 0.2) is 5.17 Å². The van der Waals surface area contributed by atoms with Crippen molar-refractivity contribution in [1.29, 1.82) is 0 Å². The van der Waals surface area contributed by atoms with Crippen LogP contribution in [0.3, 0.4) is 0 Å². The van der Waals surface area contributed by atoms with E-state index in [1.54, 1.807) is 35.7 Å². The molecule has 3 aromatic rings. The Kier molecular flexibility index (Phi) is 7.37. The summed E-state index contributed by atoms with van der Waals surface area (Å²) in [7, 11) is 1.50. The monoisotopic (exact) mass is 532 g/mol. The number of halogens is 1. The third-order valence-corrected chi connectivity index (χ3v) is 7.44. The normalized spacial score (nSPS) is 14.4. The first-order valence-corrected chi connectivity index (χ1v) is 12.8. The van der Waals surface area contributed by atoms with Gasteiger partial charge in [0.25, 0.3) is 11.8 Å². The number of carbonyl (C=O) groups is 3. The van der Waals surface area contributed by atoms with Gasteiger partial charge in [-0.2, -0.15) is 0 Å². The second-order valence-electron chi connectivity index (χ2n) is 6.76. The highest BCUT2D eigenvalue weighted by atomic mass is 35.5. The number of hydrogen-bond donors (Lipinski definition) is 2. The van der Waals surface area contributed by atoms with Crippen LogP contribution >= 0.6 is 46.0 Å². The molecule has 34 heavy (non-hydrogen) atoms. The number of nitrogens with two attached hydrogens (primary N) is 1. The van der Waals surface area contributed by atoms with E-state index in [2.05, 4.69) is 10.3 Å². The summed E-state index contributed by atoms with van der Waals surface area (Å²) in [5.74, 6) is -0.908. The number of thioether (sulfide) groups is 1. The number of benzene rings is 1. The minimum absolute atomic E-state index is 0.0467. The largest absolute Gasteiger partial charge is 0.495 e. The Hall–Kier alpha value is -3.12. The van der Waals surface area contributed by atoms with Crippen LogP contribution in [0.25, 0.3) is 6.08 Å². The highest BCUT2D eigenvalue weighted by Gasteiger charge is 2.33. The molecule has 1 aliphatic heterocycles. The Morgan fingerprint density at radius 1 is 1.26 bits per heavy atom. The Balaban J connectivity index is 1.58. The average Bonchev–Trinajstić information content (AvgIpc) is 3.54. The molecule has 0 saturated heterocycles. The number of methoxy groups -OCH3 is 1. The van der Waals surface area contributed by atoms with Gasteiger partial charge in [0.2, 0.25) is 5.91 Å². The zero-order chi connectivity index (χ0) is 24.2. The molecule has 0 aliphatic carbocycles. The van der Waals surface area contributed by atoms with E-state index < -0.39 is 5.91 Å². The van der Waals surface area contributed by atoms with Crippen LogP contribution in [0.15, 0.2) is 57.8 Å². The fourth-order valence-corrected chi connectivity index (χ4v) is 5.54. The number of anilines is 2. The third kappa shape index (κ3) is 5.17. The van der Waals surface area contributed by atoms with E-state index in [9.17, 15) is 14.4 Å². The lowest BCUT2D eigenvalue weighted by Crippen LogP contribution is -2.31.